The minimum atomic E-state index is -0.113. The summed E-state index contributed by atoms with van der Waals surface area (Å²) in [6.07, 6.45) is 12.0. The van der Waals surface area contributed by atoms with Crippen LogP contribution in [-0.2, 0) is 65.0 Å². The Balaban J connectivity index is 0. The molecule has 84 heavy (non-hydrogen) atoms. The van der Waals surface area contributed by atoms with E-state index in [-0.39, 0.29) is 150 Å². The van der Waals surface area contributed by atoms with E-state index in [1.807, 2.05) is 37.1 Å². The molecule has 4 nitrogen and oxygen atoms in total. The first-order chi connectivity index (χ1) is 36.0. The molecule has 0 heterocycles. The molecule has 5 rings (SSSR count). The molecule has 0 saturated heterocycles. The normalized spacial score (nSPS) is 13.6. The molecule has 4 aromatic rings. The van der Waals surface area contributed by atoms with Crippen LogP contribution in [0.25, 0.3) is 0 Å². The van der Waals surface area contributed by atoms with Crippen molar-refractivity contribution < 1.29 is 82.7 Å². The van der Waals surface area contributed by atoms with E-state index in [2.05, 4.69) is 298 Å². The van der Waals surface area contributed by atoms with Crippen LogP contribution in [0.15, 0.2) is 72.8 Å². The molecular weight excluding hydrogens is 1480 g/mol. The van der Waals surface area contributed by atoms with E-state index in [1.165, 1.54) is 22.3 Å². The minimum absolute atomic E-state index is 0. The average Bonchev–Trinajstić information content (AvgIpc) is 3.23. The molecule has 0 fully saturated rings. The maximum Gasteiger partial charge on any atom is 3.00 e. The second-order valence-electron chi connectivity index (χ2n) is 35.8. The molecule has 0 spiro atoms. The Hall–Kier alpha value is -2.60. The zero-order chi connectivity index (χ0) is 65.1. The molecule has 0 aromatic heterocycles. The molecule has 6 heteroatoms. The van der Waals surface area contributed by atoms with Crippen LogP contribution in [0.4, 0.5) is 0 Å². The molecule has 0 atom stereocenters. The van der Waals surface area contributed by atoms with E-state index in [0.717, 1.165) is 44.5 Å². The van der Waals surface area contributed by atoms with E-state index in [4.69, 9.17) is 0 Å². The first-order valence-corrected chi connectivity index (χ1v) is 30.4. The molecule has 4 aromatic carbocycles. The van der Waals surface area contributed by atoms with Crippen LogP contribution >= 0.6 is 0 Å². The molecule has 1 aliphatic rings. The van der Waals surface area contributed by atoms with Gasteiger partial charge >= 0.3 is 62.2 Å². The zero-order valence-corrected chi connectivity index (χ0v) is 69.0. The van der Waals surface area contributed by atoms with Crippen LogP contribution < -0.4 is 20.4 Å². The SMILES string of the molecule is C1=C[CH-]C=C[CH-]1.CC(C)(C)c1cc(C(C)(C)C)c([O-])c(C(C)(C)C)c1.CC(C)(C)c1cc(C(C)(C)C)c([O-])c(C(C)(C)C)c1.CC(C)(C)c1cc(C(C)(C)C)c([O-])c(C(C)(C)C)c1.CC(C)(C)c1cc(C(C)(C)C)c([O-])c(C(C)(C)C)c1.[U+3].[U+3]. The number of allylic oxidation sites excluding steroid dienone is 4. The second kappa shape index (κ2) is 29.4. The molecule has 0 aliphatic heterocycles. The summed E-state index contributed by atoms with van der Waals surface area (Å²) in [7, 11) is 0. The molecule has 0 amide bonds. The fourth-order valence-corrected chi connectivity index (χ4v) is 9.09. The molecule has 1 aliphatic carbocycles. The molecule has 0 saturated carbocycles. The van der Waals surface area contributed by atoms with E-state index in [0.29, 0.717) is 0 Å². The van der Waals surface area contributed by atoms with Crippen LogP contribution in [-0.4, -0.2) is 0 Å². The zero-order valence-electron chi connectivity index (χ0n) is 60.7. The van der Waals surface area contributed by atoms with Crippen molar-refractivity contribution in [2.45, 2.75) is 314 Å². The predicted molar refractivity (Wildman–Crippen MR) is 355 cm³/mol. The standard InChI is InChI=1S/4C18H30O.C6H6.2U/c4*1-16(2,3)12-10-13(17(4,5)6)15(19)14(11-12)18(7,8)9;1-2-4-6-5-3-1;;/h4*10-11,19H,1-9H3;1-6H;;/q;;;;-2;2*+3/p-4. The summed E-state index contributed by atoms with van der Waals surface area (Å²) >= 11 is 0. The first kappa shape index (κ1) is 83.5. The Morgan fingerprint density at radius 2 is 0.286 bits per heavy atom. The van der Waals surface area contributed by atoms with E-state index >= 15 is 0 Å². The summed E-state index contributed by atoms with van der Waals surface area (Å²) in [5.74, 6) is 0.863. The van der Waals surface area contributed by atoms with Gasteiger partial charge in [-0.1, -0.05) is 298 Å². The van der Waals surface area contributed by atoms with Crippen LogP contribution in [0.3, 0.4) is 0 Å². The van der Waals surface area contributed by atoms with Gasteiger partial charge in [0.2, 0.25) is 0 Å². The molecule has 0 N–H and O–H groups in total. The summed E-state index contributed by atoms with van der Waals surface area (Å²) in [6.45, 7) is 77.1. The van der Waals surface area contributed by atoms with Gasteiger partial charge < -0.3 is 20.4 Å². The molecule has 2 radical (unpaired) electrons. The van der Waals surface area contributed by atoms with Crippen molar-refractivity contribution in [2.75, 3.05) is 0 Å². The van der Waals surface area contributed by atoms with Gasteiger partial charge in [0.1, 0.15) is 0 Å². The van der Waals surface area contributed by atoms with E-state index in [1.54, 1.807) is 0 Å². The van der Waals surface area contributed by atoms with Gasteiger partial charge in [-0.15, -0.1) is 23.0 Å². The summed E-state index contributed by atoms with van der Waals surface area (Å²) in [5, 5.41) is 51.0. The van der Waals surface area contributed by atoms with Crippen LogP contribution in [0.2, 0.25) is 0 Å². The van der Waals surface area contributed by atoms with Crippen molar-refractivity contribution in [3.8, 4) is 23.0 Å². The number of rotatable bonds is 0. The van der Waals surface area contributed by atoms with Crippen molar-refractivity contribution >= 4 is 0 Å². The van der Waals surface area contributed by atoms with Crippen molar-refractivity contribution in [1.82, 2.24) is 0 Å². The summed E-state index contributed by atoms with van der Waals surface area (Å²) < 4.78 is 0. The van der Waals surface area contributed by atoms with Gasteiger partial charge in [-0.05, 0) is 132 Å². The van der Waals surface area contributed by atoms with Crippen molar-refractivity contribution in [2.24, 2.45) is 0 Å². The Bertz CT molecular complexity index is 2280. The Kier molecular flexibility index (Phi) is 29.2. The van der Waals surface area contributed by atoms with Gasteiger partial charge in [0, 0.05) is 0 Å². The van der Waals surface area contributed by atoms with Gasteiger partial charge in [-0.3, -0.25) is 37.1 Å². The summed E-state index contributed by atoms with van der Waals surface area (Å²) in [4.78, 5) is 0. The maximum atomic E-state index is 12.7. The van der Waals surface area contributed by atoms with Crippen molar-refractivity contribution in [3.63, 3.8) is 0 Å². The number of benzene rings is 4. The Morgan fingerprint density at radius 3 is 0.345 bits per heavy atom. The molecular formula is C78H122O4U2. The minimum Gasteiger partial charge on any atom is -0.872 e. The van der Waals surface area contributed by atoms with Gasteiger partial charge in [0.25, 0.3) is 0 Å². The monoisotopic (exact) mass is 1600 g/mol. The fraction of sp³-hybridized carbons (Fsp3) is 0.615. The molecule has 0 bridgehead atoms. The summed E-state index contributed by atoms with van der Waals surface area (Å²) in [6, 6.07) is 16.9. The van der Waals surface area contributed by atoms with Crippen molar-refractivity contribution in [1.29, 1.82) is 0 Å². The van der Waals surface area contributed by atoms with Gasteiger partial charge in [-0.25, -0.2) is 0 Å². The van der Waals surface area contributed by atoms with Crippen LogP contribution in [0.5, 0.6) is 23.0 Å². The van der Waals surface area contributed by atoms with Gasteiger partial charge in [-0.2, -0.15) is 0 Å². The quantitative estimate of drug-likeness (QED) is 0.164. The van der Waals surface area contributed by atoms with Gasteiger partial charge in [0.05, 0.1) is 0 Å². The third-order valence-electron chi connectivity index (χ3n) is 15.0. The maximum absolute atomic E-state index is 12.7. The van der Waals surface area contributed by atoms with Gasteiger partial charge in [0.15, 0.2) is 0 Å². The average molecular weight is 1600 g/mol. The third kappa shape index (κ3) is 25.1. The third-order valence-corrected chi connectivity index (χ3v) is 15.0. The second-order valence-corrected chi connectivity index (χ2v) is 35.8. The van der Waals surface area contributed by atoms with Crippen molar-refractivity contribution in [3.05, 3.63) is 152 Å². The number of hydrogen-bond donors (Lipinski definition) is 0. The topological polar surface area (TPSA) is 92.2 Å². The molecule has 466 valence electrons. The predicted octanol–water partition coefficient (Wildman–Crippen LogP) is 20.1. The first-order valence-electron chi connectivity index (χ1n) is 30.4. The Labute approximate surface area is 567 Å². The smallest absolute Gasteiger partial charge is 0.872 e. The fourth-order valence-electron chi connectivity index (χ4n) is 9.09. The van der Waals surface area contributed by atoms with Crippen LogP contribution in [0.1, 0.15) is 316 Å². The van der Waals surface area contributed by atoms with E-state index in [9.17, 15) is 20.4 Å². The van der Waals surface area contributed by atoms with E-state index < -0.39 is 0 Å². The Morgan fingerprint density at radius 1 is 0.190 bits per heavy atom. The van der Waals surface area contributed by atoms with Crippen LogP contribution in [0, 0.1) is 75.1 Å². The number of hydrogen-bond acceptors (Lipinski definition) is 4. The largest absolute Gasteiger partial charge is 3.00 e. The summed E-state index contributed by atoms with van der Waals surface area (Å²) in [5.41, 5.74) is 11.8. The molecule has 0 unspecified atom stereocenters.